The van der Waals surface area contributed by atoms with E-state index in [-0.39, 0.29) is 5.69 Å². The predicted octanol–water partition coefficient (Wildman–Crippen LogP) is 3.90. The highest BCUT2D eigenvalue weighted by molar-refractivity contribution is 7.13. The van der Waals surface area contributed by atoms with Crippen molar-refractivity contribution >= 4 is 23.2 Å². The number of aromatic nitrogens is 1. The van der Waals surface area contributed by atoms with E-state index in [9.17, 15) is 22.8 Å². The molecule has 0 radical (unpaired) electrons. The number of hydrogen-bond donors (Lipinski definition) is 2. The zero-order chi connectivity index (χ0) is 21.0. The minimum Gasteiger partial charge on any atom is -0.366 e. The fourth-order valence-corrected chi connectivity index (χ4v) is 3.43. The van der Waals surface area contributed by atoms with Gasteiger partial charge >= 0.3 is 6.18 Å². The summed E-state index contributed by atoms with van der Waals surface area (Å²) in [6.07, 6.45) is -3.96. The lowest BCUT2D eigenvalue weighted by Gasteiger charge is -2.07. The Labute approximate surface area is 168 Å². The summed E-state index contributed by atoms with van der Waals surface area (Å²) in [6, 6.07) is 11.6. The normalized spacial score (nSPS) is 11.3. The van der Waals surface area contributed by atoms with Crippen molar-refractivity contribution in [2.24, 2.45) is 5.73 Å². The molecule has 3 aromatic rings. The molecule has 1 heterocycles. The van der Waals surface area contributed by atoms with E-state index >= 15 is 0 Å². The van der Waals surface area contributed by atoms with E-state index in [1.165, 1.54) is 17.5 Å². The molecule has 0 saturated carbocycles. The molecule has 1 aromatic heterocycles. The van der Waals surface area contributed by atoms with Gasteiger partial charge in [-0.1, -0.05) is 24.3 Å². The third-order valence-electron chi connectivity index (χ3n) is 4.08. The maximum absolute atomic E-state index is 12.9. The number of thiazole rings is 1. The zero-order valence-electron chi connectivity index (χ0n) is 15.0. The Bertz CT molecular complexity index is 1050. The van der Waals surface area contributed by atoms with E-state index in [4.69, 9.17) is 5.73 Å². The van der Waals surface area contributed by atoms with Crippen LogP contribution in [0.25, 0.3) is 10.6 Å². The maximum atomic E-state index is 12.9. The molecule has 0 fully saturated rings. The first kappa shape index (κ1) is 20.5. The molecule has 5 nitrogen and oxygen atoms in total. The van der Waals surface area contributed by atoms with Gasteiger partial charge in [-0.25, -0.2) is 4.98 Å². The van der Waals surface area contributed by atoms with Crippen molar-refractivity contribution in [3.8, 4) is 10.6 Å². The summed E-state index contributed by atoms with van der Waals surface area (Å²) < 4.78 is 38.6. The number of rotatable bonds is 6. The molecule has 3 N–H and O–H groups in total. The van der Waals surface area contributed by atoms with Crippen LogP contribution in [-0.2, 0) is 12.6 Å². The predicted molar refractivity (Wildman–Crippen MR) is 104 cm³/mol. The molecule has 0 bridgehead atoms. The standard InChI is InChI=1S/C20H16F3N3O2S/c21-20(22,23)15-6-2-5-14(10-15)19-26-16(11-29-19)18(28)25-8-7-12-3-1-4-13(9-12)17(24)27/h1-6,9-11H,7-8H2,(H2,24,27)(H,25,28). The molecule has 0 aliphatic rings. The van der Waals surface area contributed by atoms with Gasteiger partial charge in [-0.2, -0.15) is 13.2 Å². The summed E-state index contributed by atoms with van der Waals surface area (Å²) in [5.41, 5.74) is 6.13. The number of alkyl halides is 3. The number of halogens is 3. The van der Waals surface area contributed by atoms with Gasteiger partial charge in [0, 0.05) is 23.1 Å². The molecule has 3 rings (SSSR count). The molecule has 0 aliphatic heterocycles. The largest absolute Gasteiger partial charge is 0.416 e. The first-order chi connectivity index (χ1) is 13.7. The smallest absolute Gasteiger partial charge is 0.366 e. The first-order valence-electron chi connectivity index (χ1n) is 8.54. The Kier molecular flexibility index (Phi) is 5.97. The van der Waals surface area contributed by atoms with Gasteiger partial charge in [0.05, 0.1) is 5.56 Å². The molecule has 0 atom stereocenters. The summed E-state index contributed by atoms with van der Waals surface area (Å²) >= 11 is 1.09. The fourth-order valence-electron chi connectivity index (χ4n) is 2.63. The third kappa shape index (κ3) is 5.20. The van der Waals surface area contributed by atoms with E-state index in [2.05, 4.69) is 10.3 Å². The molecular formula is C20H16F3N3O2S. The minimum atomic E-state index is -4.45. The van der Waals surface area contributed by atoms with Crippen LogP contribution in [0.1, 0.15) is 32.0 Å². The lowest BCUT2D eigenvalue weighted by Crippen LogP contribution is -2.26. The quantitative estimate of drug-likeness (QED) is 0.636. The lowest BCUT2D eigenvalue weighted by molar-refractivity contribution is -0.137. The monoisotopic (exact) mass is 419 g/mol. The maximum Gasteiger partial charge on any atom is 0.416 e. The second-order valence-corrected chi connectivity index (χ2v) is 7.05. The van der Waals surface area contributed by atoms with Crippen molar-refractivity contribution in [3.63, 3.8) is 0 Å². The van der Waals surface area contributed by atoms with Crippen LogP contribution in [0.2, 0.25) is 0 Å². The van der Waals surface area contributed by atoms with Crippen LogP contribution < -0.4 is 11.1 Å². The van der Waals surface area contributed by atoms with Crippen molar-refractivity contribution in [1.29, 1.82) is 0 Å². The van der Waals surface area contributed by atoms with Gasteiger partial charge < -0.3 is 11.1 Å². The van der Waals surface area contributed by atoms with Crippen LogP contribution in [-0.4, -0.2) is 23.3 Å². The molecule has 0 aliphatic carbocycles. The van der Waals surface area contributed by atoms with E-state index in [1.807, 2.05) is 6.07 Å². The van der Waals surface area contributed by atoms with Crippen molar-refractivity contribution < 1.29 is 22.8 Å². The number of nitrogens with zero attached hydrogens (tertiary/aromatic N) is 1. The van der Waals surface area contributed by atoms with Gasteiger partial charge in [0.2, 0.25) is 5.91 Å². The van der Waals surface area contributed by atoms with Gasteiger partial charge in [-0.05, 0) is 36.2 Å². The summed E-state index contributed by atoms with van der Waals surface area (Å²) in [5.74, 6) is -0.953. The first-order valence-corrected chi connectivity index (χ1v) is 9.42. The molecule has 0 unspecified atom stereocenters. The van der Waals surface area contributed by atoms with Gasteiger partial charge in [0.15, 0.2) is 0 Å². The SMILES string of the molecule is NC(=O)c1cccc(CCNC(=O)c2csc(-c3cccc(C(F)(F)F)c3)n2)c1. The van der Waals surface area contributed by atoms with Crippen LogP contribution in [0, 0.1) is 0 Å². The van der Waals surface area contributed by atoms with Crippen molar-refractivity contribution in [3.05, 3.63) is 76.3 Å². The molecule has 0 spiro atoms. The van der Waals surface area contributed by atoms with E-state index in [0.717, 1.165) is 29.0 Å². The zero-order valence-corrected chi connectivity index (χ0v) is 15.8. The van der Waals surface area contributed by atoms with Crippen LogP contribution in [0.5, 0.6) is 0 Å². The number of primary amides is 1. The second kappa shape index (κ2) is 8.44. The molecule has 150 valence electrons. The Morgan fingerprint density at radius 2 is 1.86 bits per heavy atom. The molecule has 29 heavy (non-hydrogen) atoms. The summed E-state index contributed by atoms with van der Waals surface area (Å²) in [5, 5.41) is 4.53. The number of nitrogens with two attached hydrogens (primary N) is 1. The molecule has 2 aromatic carbocycles. The van der Waals surface area contributed by atoms with Crippen LogP contribution in [0.15, 0.2) is 53.9 Å². The Balaban J connectivity index is 1.63. The number of carbonyl (C=O) groups excluding carboxylic acids is 2. The number of carbonyl (C=O) groups is 2. The van der Waals surface area contributed by atoms with Crippen molar-refractivity contribution in [2.45, 2.75) is 12.6 Å². The van der Waals surface area contributed by atoms with Gasteiger partial charge in [-0.3, -0.25) is 9.59 Å². The van der Waals surface area contributed by atoms with E-state index < -0.39 is 23.6 Å². The third-order valence-corrected chi connectivity index (χ3v) is 4.98. The fraction of sp³-hybridized carbons (Fsp3) is 0.150. The molecule has 0 saturated heterocycles. The number of amides is 2. The average Bonchev–Trinajstić information content (AvgIpc) is 3.18. The van der Waals surface area contributed by atoms with E-state index in [1.54, 1.807) is 18.2 Å². The topological polar surface area (TPSA) is 85.1 Å². The van der Waals surface area contributed by atoms with Gasteiger partial charge in [-0.15, -0.1) is 11.3 Å². The molecular weight excluding hydrogens is 403 g/mol. The Hall–Kier alpha value is -3.20. The van der Waals surface area contributed by atoms with Crippen molar-refractivity contribution in [1.82, 2.24) is 10.3 Å². The summed E-state index contributed by atoms with van der Waals surface area (Å²) in [6.45, 7) is 0.303. The summed E-state index contributed by atoms with van der Waals surface area (Å²) in [4.78, 5) is 27.6. The number of benzene rings is 2. The molecule has 9 heteroatoms. The number of nitrogens with one attached hydrogen (secondary N) is 1. The minimum absolute atomic E-state index is 0.133. The average molecular weight is 419 g/mol. The number of hydrogen-bond acceptors (Lipinski definition) is 4. The Morgan fingerprint density at radius 1 is 1.10 bits per heavy atom. The summed E-state index contributed by atoms with van der Waals surface area (Å²) in [7, 11) is 0. The van der Waals surface area contributed by atoms with Crippen LogP contribution in [0.4, 0.5) is 13.2 Å². The molecule has 2 amide bonds. The van der Waals surface area contributed by atoms with Gasteiger partial charge in [0.25, 0.3) is 5.91 Å². The van der Waals surface area contributed by atoms with Crippen molar-refractivity contribution in [2.75, 3.05) is 6.54 Å². The van der Waals surface area contributed by atoms with Crippen LogP contribution in [0.3, 0.4) is 0 Å². The second-order valence-electron chi connectivity index (χ2n) is 6.19. The Morgan fingerprint density at radius 3 is 2.59 bits per heavy atom. The lowest BCUT2D eigenvalue weighted by atomic mass is 10.1. The highest BCUT2D eigenvalue weighted by atomic mass is 32.1. The highest BCUT2D eigenvalue weighted by Gasteiger charge is 2.30. The van der Waals surface area contributed by atoms with E-state index in [0.29, 0.717) is 29.1 Å². The van der Waals surface area contributed by atoms with Gasteiger partial charge in [0.1, 0.15) is 10.7 Å². The van der Waals surface area contributed by atoms with Crippen LogP contribution >= 0.6 is 11.3 Å². The highest BCUT2D eigenvalue weighted by Crippen LogP contribution is 2.33.